The molecular weight excluding hydrogens is 407 g/mol. The van der Waals surface area contributed by atoms with Gasteiger partial charge in [0, 0.05) is 12.1 Å². The van der Waals surface area contributed by atoms with Gasteiger partial charge in [0.05, 0.1) is 30.6 Å². The van der Waals surface area contributed by atoms with E-state index in [1.54, 1.807) is 0 Å². The van der Waals surface area contributed by atoms with Gasteiger partial charge in [-0.3, -0.25) is 14.9 Å². The molecule has 0 aromatic heterocycles. The minimum Gasteiger partial charge on any atom is -0.497 e. The van der Waals surface area contributed by atoms with E-state index >= 15 is 0 Å². The van der Waals surface area contributed by atoms with Crippen LogP contribution in [0.1, 0.15) is 17.5 Å². The number of aliphatic hydroxyl groups is 1. The van der Waals surface area contributed by atoms with E-state index in [9.17, 15) is 33.2 Å². The number of halogens is 3. The molecule has 1 N–H and O–H groups in total. The summed E-state index contributed by atoms with van der Waals surface area (Å²) >= 11 is 0. The molecule has 11 heteroatoms. The van der Waals surface area contributed by atoms with E-state index in [1.807, 2.05) is 0 Å². The largest absolute Gasteiger partial charge is 0.497 e. The molecule has 1 amide bonds. The number of methoxy groups -OCH3 is 1. The Balaban J connectivity index is 1.90. The molecule has 0 bridgehead atoms. The Morgan fingerprint density at radius 1 is 1.23 bits per heavy atom. The van der Waals surface area contributed by atoms with E-state index < -0.39 is 35.6 Å². The predicted molar refractivity (Wildman–Crippen MR) is 98.8 cm³/mol. The molecule has 1 atom stereocenters. The van der Waals surface area contributed by atoms with Gasteiger partial charge in [0.1, 0.15) is 5.75 Å². The van der Waals surface area contributed by atoms with Crippen molar-refractivity contribution in [3.05, 3.63) is 69.8 Å². The normalized spacial score (nSPS) is 18.8. The quantitative estimate of drug-likeness (QED) is 0.588. The lowest BCUT2D eigenvalue weighted by molar-refractivity contribution is -0.384. The second-order valence-corrected chi connectivity index (χ2v) is 6.57. The predicted octanol–water partition coefficient (Wildman–Crippen LogP) is 3.03. The van der Waals surface area contributed by atoms with E-state index in [4.69, 9.17) is 4.74 Å². The first-order valence-corrected chi connectivity index (χ1v) is 8.62. The number of ether oxygens (including phenoxy) is 1. The maximum atomic E-state index is 13.6. The van der Waals surface area contributed by atoms with E-state index in [-0.39, 0.29) is 22.0 Å². The van der Waals surface area contributed by atoms with Gasteiger partial charge in [-0.15, -0.1) is 0 Å². The van der Waals surface area contributed by atoms with Crippen LogP contribution in [0.2, 0.25) is 0 Å². The minimum atomic E-state index is -5.16. The summed E-state index contributed by atoms with van der Waals surface area (Å²) in [5, 5.41) is 24.8. The second-order valence-electron chi connectivity index (χ2n) is 6.57. The Morgan fingerprint density at radius 2 is 1.83 bits per heavy atom. The van der Waals surface area contributed by atoms with Crippen LogP contribution in [-0.4, -0.2) is 45.7 Å². The van der Waals surface area contributed by atoms with Crippen molar-refractivity contribution in [1.29, 1.82) is 0 Å². The molecule has 0 saturated carbocycles. The van der Waals surface area contributed by atoms with Gasteiger partial charge in [-0.25, -0.2) is 0 Å². The fourth-order valence-electron chi connectivity index (χ4n) is 2.96. The van der Waals surface area contributed by atoms with Crippen LogP contribution in [0.5, 0.6) is 5.75 Å². The molecule has 8 nitrogen and oxygen atoms in total. The van der Waals surface area contributed by atoms with Gasteiger partial charge in [0.15, 0.2) is 0 Å². The summed E-state index contributed by atoms with van der Waals surface area (Å²) in [5.74, 6) is -0.623. The standard InChI is InChI=1S/C19H16F3N3O5/c1-30-15-8-4-13(5-9-15)16-11-18(27,19(20,21)22)24(23-16)17(26)10-12-2-6-14(7-3-12)25(28)29/h2-9,27H,10-11H2,1H3/t18-/m1/s1. The average molecular weight is 423 g/mol. The fourth-order valence-corrected chi connectivity index (χ4v) is 2.96. The van der Waals surface area contributed by atoms with Crippen LogP contribution >= 0.6 is 0 Å². The molecular formula is C19H16F3N3O5. The van der Waals surface area contributed by atoms with Crippen LogP contribution < -0.4 is 4.74 Å². The summed E-state index contributed by atoms with van der Waals surface area (Å²) in [4.78, 5) is 22.6. The number of hydrazone groups is 1. The molecule has 0 aliphatic carbocycles. The molecule has 0 fully saturated rings. The first-order valence-electron chi connectivity index (χ1n) is 8.62. The van der Waals surface area contributed by atoms with Crippen molar-refractivity contribution >= 4 is 17.3 Å². The van der Waals surface area contributed by atoms with Gasteiger partial charge in [-0.05, 0) is 35.4 Å². The van der Waals surface area contributed by atoms with E-state index in [2.05, 4.69) is 5.10 Å². The second kappa shape index (κ2) is 7.75. The van der Waals surface area contributed by atoms with Crippen molar-refractivity contribution in [3.63, 3.8) is 0 Å². The zero-order valence-corrected chi connectivity index (χ0v) is 15.6. The number of rotatable bonds is 5. The number of nitro groups is 1. The van der Waals surface area contributed by atoms with Crippen LogP contribution in [0.4, 0.5) is 18.9 Å². The summed E-state index contributed by atoms with van der Waals surface area (Å²) in [6.45, 7) is 0. The summed E-state index contributed by atoms with van der Waals surface area (Å²) < 4.78 is 45.9. The van der Waals surface area contributed by atoms with Gasteiger partial charge in [-0.1, -0.05) is 12.1 Å². The molecule has 1 heterocycles. The van der Waals surface area contributed by atoms with Crippen LogP contribution in [0, 0.1) is 10.1 Å². The summed E-state index contributed by atoms with van der Waals surface area (Å²) in [7, 11) is 1.43. The Bertz CT molecular complexity index is 990. The molecule has 2 aromatic carbocycles. The first-order chi connectivity index (χ1) is 14.0. The molecule has 0 saturated heterocycles. The molecule has 0 unspecified atom stereocenters. The Labute approximate surface area is 168 Å². The molecule has 2 aromatic rings. The van der Waals surface area contributed by atoms with Crippen molar-refractivity contribution in [3.8, 4) is 5.75 Å². The number of nitrogens with zero attached hydrogens (tertiary/aromatic N) is 3. The minimum absolute atomic E-state index is 0.0357. The smallest absolute Gasteiger partial charge is 0.438 e. The lowest BCUT2D eigenvalue weighted by Gasteiger charge is -2.32. The molecule has 0 spiro atoms. The van der Waals surface area contributed by atoms with Gasteiger partial charge in [-0.2, -0.15) is 23.3 Å². The van der Waals surface area contributed by atoms with Crippen molar-refractivity contribution in [2.24, 2.45) is 5.10 Å². The van der Waals surface area contributed by atoms with Crippen LogP contribution in [0.15, 0.2) is 53.6 Å². The number of carbonyl (C=O) groups excluding carboxylic acids is 1. The van der Waals surface area contributed by atoms with E-state index in [0.717, 1.165) is 12.1 Å². The highest BCUT2D eigenvalue weighted by Gasteiger charge is 2.63. The average Bonchev–Trinajstić information content (AvgIpc) is 3.07. The van der Waals surface area contributed by atoms with Gasteiger partial charge in [0.25, 0.3) is 11.4 Å². The van der Waals surface area contributed by atoms with Crippen LogP contribution in [0.25, 0.3) is 0 Å². The maximum absolute atomic E-state index is 13.6. The highest BCUT2D eigenvalue weighted by Crippen LogP contribution is 2.41. The summed E-state index contributed by atoms with van der Waals surface area (Å²) in [6.07, 6.45) is -6.62. The number of hydrogen-bond donors (Lipinski definition) is 1. The fraction of sp³-hybridized carbons (Fsp3) is 0.263. The molecule has 1 aliphatic heterocycles. The third-order valence-electron chi connectivity index (χ3n) is 4.60. The van der Waals surface area contributed by atoms with Crippen molar-refractivity contribution < 1.29 is 32.7 Å². The van der Waals surface area contributed by atoms with Crippen molar-refractivity contribution in [1.82, 2.24) is 5.01 Å². The van der Waals surface area contributed by atoms with Crippen molar-refractivity contribution in [2.75, 3.05) is 7.11 Å². The Morgan fingerprint density at radius 3 is 2.33 bits per heavy atom. The maximum Gasteiger partial charge on any atom is 0.438 e. The lowest BCUT2D eigenvalue weighted by atomic mass is 10.0. The monoisotopic (exact) mass is 423 g/mol. The first kappa shape index (κ1) is 21.2. The molecule has 3 rings (SSSR count). The summed E-state index contributed by atoms with van der Waals surface area (Å²) in [6, 6.07) is 10.8. The Hall–Kier alpha value is -3.47. The van der Waals surface area contributed by atoms with Gasteiger partial charge >= 0.3 is 6.18 Å². The highest BCUT2D eigenvalue weighted by molar-refractivity contribution is 6.03. The number of nitro benzene ring substituents is 1. The highest BCUT2D eigenvalue weighted by atomic mass is 19.4. The Kier molecular flexibility index (Phi) is 5.49. The van der Waals surface area contributed by atoms with Crippen molar-refractivity contribution in [2.45, 2.75) is 24.7 Å². The van der Waals surface area contributed by atoms with E-state index in [1.165, 1.54) is 43.5 Å². The zero-order valence-electron chi connectivity index (χ0n) is 15.6. The number of benzene rings is 2. The number of alkyl halides is 3. The third-order valence-corrected chi connectivity index (χ3v) is 4.60. The SMILES string of the molecule is COc1ccc(C2=NN(C(=O)Cc3ccc([N+](=O)[O-])cc3)[C@](O)(C(F)(F)F)C2)cc1. The number of hydrogen-bond acceptors (Lipinski definition) is 6. The number of carbonyl (C=O) groups is 1. The molecule has 158 valence electrons. The van der Waals surface area contributed by atoms with E-state index in [0.29, 0.717) is 11.3 Å². The number of amides is 1. The topological polar surface area (TPSA) is 105 Å². The molecule has 30 heavy (non-hydrogen) atoms. The van der Waals surface area contributed by atoms with Crippen LogP contribution in [-0.2, 0) is 11.2 Å². The number of non-ortho nitro benzene ring substituents is 1. The van der Waals surface area contributed by atoms with Gasteiger partial charge in [0.2, 0.25) is 5.91 Å². The van der Waals surface area contributed by atoms with Crippen LogP contribution in [0.3, 0.4) is 0 Å². The molecule has 0 radical (unpaired) electrons. The third kappa shape index (κ3) is 3.96. The lowest BCUT2D eigenvalue weighted by Crippen LogP contribution is -2.57. The summed E-state index contributed by atoms with van der Waals surface area (Å²) in [5.41, 5.74) is -3.30. The zero-order chi connectivity index (χ0) is 22.1. The molecule has 1 aliphatic rings. The van der Waals surface area contributed by atoms with Gasteiger partial charge < -0.3 is 9.84 Å².